The average Bonchev–Trinajstić information content (AvgIpc) is 2.74. The van der Waals surface area contributed by atoms with Gasteiger partial charge in [0.15, 0.2) is 0 Å². The molecule has 17 heavy (non-hydrogen) atoms. The molecule has 0 saturated carbocycles. The molecule has 0 spiro atoms. The van der Waals surface area contributed by atoms with Crippen molar-refractivity contribution < 1.29 is 9.90 Å². The Morgan fingerprint density at radius 1 is 1.35 bits per heavy atom. The van der Waals surface area contributed by atoms with Crippen LogP contribution in [0.5, 0.6) is 0 Å². The molecule has 0 aromatic carbocycles. The number of thiophene rings is 1. The summed E-state index contributed by atoms with van der Waals surface area (Å²) in [6.07, 6.45) is 0. The van der Waals surface area contributed by atoms with E-state index in [-0.39, 0.29) is 6.54 Å². The molecule has 0 unspecified atom stereocenters. The number of nitrogens with zero attached hydrogens (tertiary/aromatic N) is 2. The first-order valence-electron chi connectivity index (χ1n) is 4.70. The molecule has 2 rings (SSSR count). The number of hydrogen-bond acceptors (Lipinski definition) is 5. The summed E-state index contributed by atoms with van der Waals surface area (Å²) in [4.78, 5) is 11.3. The van der Waals surface area contributed by atoms with Crippen molar-refractivity contribution in [3.63, 3.8) is 0 Å². The van der Waals surface area contributed by atoms with E-state index in [9.17, 15) is 4.79 Å². The molecule has 0 radical (unpaired) electrons. The highest BCUT2D eigenvalue weighted by atomic mass is 35.5. The Kier molecular flexibility index (Phi) is 3.55. The Balaban J connectivity index is 2.10. The second kappa shape index (κ2) is 5.11. The smallest absolute Gasteiger partial charge is 0.322 e. The fraction of sp³-hybridized carbons (Fsp3) is 0.100. The molecule has 0 amide bonds. The lowest BCUT2D eigenvalue weighted by molar-refractivity contribution is -0.134. The van der Waals surface area contributed by atoms with E-state index in [1.807, 2.05) is 6.07 Å². The number of aromatic nitrogens is 2. The van der Waals surface area contributed by atoms with Crippen molar-refractivity contribution in [2.75, 3.05) is 11.9 Å². The lowest BCUT2D eigenvalue weighted by atomic mass is 10.3. The van der Waals surface area contributed by atoms with E-state index in [0.29, 0.717) is 15.8 Å². The summed E-state index contributed by atoms with van der Waals surface area (Å²) >= 11 is 7.23. The van der Waals surface area contributed by atoms with Crippen LogP contribution in [0.3, 0.4) is 0 Å². The van der Waals surface area contributed by atoms with Gasteiger partial charge >= 0.3 is 5.97 Å². The lowest BCUT2D eigenvalue weighted by Crippen LogP contribution is -2.13. The number of anilines is 1. The maximum Gasteiger partial charge on any atom is 0.322 e. The molecule has 0 aliphatic heterocycles. The largest absolute Gasteiger partial charge is 0.480 e. The van der Waals surface area contributed by atoms with Gasteiger partial charge in [0.2, 0.25) is 0 Å². The van der Waals surface area contributed by atoms with Gasteiger partial charge in [0, 0.05) is 0 Å². The molecule has 2 heterocycles. The minimum absolute atomic E-state index is 0.182. The second-order valence-corrected chi connectivity index (χ2v) is 4.87. The van der Waals surface area contributed by atoms with Crippen LogP contribution in [0, 0.1) is 0 Å². The number of halogens is 1. The van der Waals surface area contributed by atoms with Crippen molar-refractivity contribution in [2.45, 2.75) is 0 Å². The Hall–Kier alpha value is -1.66. The number of carboxylic acids is 1. The monoisotopic (exact) mass is 269 g/mol. The van der Waals surface area contributed by atoms with E-state index < -0.39 is 5.97 Å². The average molecular weight is 270 g/mol. The van der Waals surface area contributed by atoms with Crippen LogP contribution in [0.4, 0.5) is 5.82 Å². The first-order valence-corrected chi connectivity index (χ1v) is 5.90. The van der Waals surface area contributed by atoms with Gasteiger partial charge < -0.3 is 10.4 Å². The van der Waals surface area contributed by atoms with E-state index >= 15 is 0 Å². The Bertz CT molecular complexity index is 527. The van der Waals surface area contributed by atoms with Gasteiger partial charge in [-0.25, -0.2) is 0 Å². The van der Waals surface area contributed by atoms with Crippen LogP contribution in [0.1, 0.15) is 0 Å². The summed E-state index contributed by atoms with van der Waals surface area (Å²) in [5, 5.41) is 19.0. The first-order chi connectivity index (χ1) is 8.15. The zero-order valence-corrected chi connectivity index (χ0v) is 10.1. The quantitative estimate of drug-likeness (QED) is 0.891. The molecule has 0 aliphatic carbocycles. The van der Waals surface area contributed by atoms with Crippen molar-refractivity contribution in [3.8, 4) is 10.6 Å². The highest BCUT2D eigenvalue weighted by molar-refractivity contribution is 7.19. The molecule has 7 heteroatoms. The zero-order valence-electron chi connectivity index (χ0n) is 8.55. The van der Waals surface area contributed by atoms with Crippen LogP contribution in [0.15, 0.2) is 24.3 Å². The molecule has 0 fully saturated rings. The third kappa shape index (κ3) is 3.15. The molecule has 0 atom stereocenters. The molecule has 0 saturated heterocycles. The van der Waals surface area contributed by atoms with Gasteiger partial charge in [0.05, 0.1) is 9.21 Å². The third-order valence-electron chi connectivity index (χ3n) is 1.91. The van der Waals surface area contributed by atoms with E-state index in [1.165, 1.54) is 11.3 Å². The number of rotatable bonds is 4. The van der Waals surface area contributed by atoms with E-state index in [0.717, 1.165) is 4.88 Å². The highest BCUT2D eigenvalue weighted by Gasteiger charge is 2.04. The zero-order chi connectivity index (χ0) is 12.3. The molecular formula is C10H8ClN3O2S. The van der Waals surface area contributed by atoms with Gasteiger partial charge in [0.25, 0.3) is 0 Å². The van der Waals surface area contributed by atoms with Gasteiger partial charge in [-0.15, -0.1) is 21.5 Å². The SMILES string of the molecule is O=C(O)CNc1ccc(-c2ccc(Cl)s2)nn1. The predicted octanol–water partition coefficient (Wildman–Crippen LogP) is 2.36. The van der Waals surface area contributed by atoms with Crippen LogP contribution in [0.25, 0.3) is 10.6 Å². The Labute approximate surface area is 106 Å². The van der Waals surface area contributed by atoms with Crippen LogP contribution in [0.2, 0.25) is 4.34 Å². The van der Waals surface area contributed by atoms with Crippen LogP contribution in [-0.4, -0.2) is 27.8 Å². The lowest BCUT2D eigenvalue weighted by Gasteiger charge is -2.01. The number of hydrogen-bond donors (Lipinski definition) is 2. The van der Waals surface area contributed by atoms with Crippen LogP contribution in [-0.2, 0) is 4.79 Å². The van der Waals surface area contributed by atoms with Crippen molar-refractivity contribution in [1.29, 1.82) is 0 Å². The van der Waals surface area contributed by atoms with Crippen molar-refractivity contribution >= 4 is 34.7 Å². The molecule has 0 aliphatic rings. The fourth-order valence-electron chi connectivity index (χ4n) is 1.18. The van der Waals surface area contributed by atoms with E-state index in [4.69, 9.17) is 16.7 Å². The summed E-state index contributed by atoms with van der Waals surface area (Å²) in [7, 11) is 0. The standard InChI is InChI=1S/C10H8ClN3O2S/c11-8-3-2-7(17-8)6-1-4-9(14-13-6)12-5-10(15)16/h1-4H,5H2,(H,12,14)(H,15,16). The van der Waals surface area contributed by atoms with Crippen molar-refractivity contribution in [2.24, 2.45) is 0 Å². The van der Waals surface area contributed by atoms with Crippen LogP contribution < -0.4 is 5.32 Å². The van der Waals surface area contributed by atoms with Gasteiger partial charge in [-0.2, -0.15) is 0 Å². The molecule has 5 nitrogen and oxygen atoms in total. The number of aliphatic carboxylic acids is 1. The summed E-state index contributed by atoms with van der Waals surface area (Å²) in [5.41, 5.74) is 0.711. The summed E-state index contributed by atoms with van der Waals surface area (Å²) in [6.45, 7) is -0.182. The van der Waals surface area contributed by atoms with E-state index in [1.54, 1.807) is 18.2 Å². The number of carbonyl (C=O) groups is 1. The van der Waals surface area contributed by atoms with Gasteiger partial charge in [-0.05, 0) is 24.3 Å². The van der Waals surface area contributed by atoms with Gasteiger partial charge in [0.1, 0.15) is 18.1 Å². The maximum atomic E-state index is 10.3. The molecular weight excluding hydrogens is 262 g/mol. The summed E-state index contributed by atoms with van der Waals surface area (Å²) in [6, 6.07) is 7.10. The number of nitrogens with one attached hydrogen (secondary N) is 1. The van der Waals surface area contributed by atoms with Gasteiger partial charge in [-0.1, -0.05) is 11.6 Å². The first kappa shape index (κ1) is 11.8. The topological polar surface area (TPSA) is 75.1 Å². The van der Waals surface area contributed by atoms with Crippen molar-refractivity contribution in [1.82, 2.24) is 10.2 Å². The summed E-state index contributed by atoms with van der Waals surface area (Å²) < 4.78 is 0.690. The Morgan fingerprint density at radius 2 is 2.18 bits per heavy atom. The molecule has 88 valence electrons. The maximum absolute atomic E-state index is 10.3. The van der Waals surface area contributed by atoms with Crippen molar-refractivity contribution in [3.05, 3.63) is 28.6 Å². The second-order valence-electron chi connectivity index (χ2n) is 3.15. The molecule has 0 bridgehead atoms. The fourth-order valence-corrected chi connectivity index (χ4v) is 2.18. The Morgan fingerprint density at radius 3 is 2.71 bits per heavy atom. The van der Waals surface area contributed by atoms with E-state index in [2.05, 4.69) is 15.5 Å². The van der Waals surface area contributed by atoms with Crippen LogP contribution >= 0.6 is 22.9 Å². The summed E-state index contributed by atoms with van der Waals surface area (Å²) in [5.74, 6) is -0.514. The molecule has 2 N–H and O–H groups in total. The minimum Gasteiger partial charge on any atom is -0.480 e. The minimum atomic E-state index is -0.944. The highest BCUT2D eigenvalue weighted by Crippen LogP contribution is 2.29. The number of carboxylic acid groups (broad SMARTS) is 1. The van der Waals surface area contributed by atoms with Gasteiger partial charge in [-0.3, -0.25) is 4.79 Å². The predicted molar refractivity (Wildman–Crippen MR) is 66.5 cm³/mol. The normalized spacial score (nSPS) is 10.2. The molecule has 2 aromatic heterocycles. The molecule has 2 aromatic rings. The third-order valence-corrected chi connectivity index (χ3v) is 3.16.